The van der Waals surface area contributed by atoms with Crippen LogP contribution in [0.1, 0.15) is 35.6 Å². The largest absolute Gasteiger partial charge is 0.477 e. The molecule has 0 aliphatic heterocycles. The third-order valence-electron chi connectivity index (χ3n) is 4.52. The standard InChI is InChI=1S/C20H17F5N4O2/c1-19(2,31-15-7-4-10(16(26)30)8-14(15)22)18-28-27-17(29(18)3)12-6-5-11(21)9-13(12)20(23,24)25/h4-9H,1-3H3,(H2,26,30). The number of carbonyl (C=O) groups excluding carboxylic acids is 1. The Balaban J connectivity index is 2.01. The first-order valence-electron chi connectivity index (χ1n) is 8.86. The summed E-state index contributed by atoms with van der Waals surface area (Å²) < 4.78 is 74.8. The first-order chi connectivity index (χ1) is 14.3. The fourth-order valence-corrected chi connectivity index (χ4v) is 3.09. The summed E-state index contributed by atoms with van der Waals surface area (Å²) in [5.74, 6) is -3.04. The second-order valence-electron chi connectivity index (χ2n) is 7.22. The van der Waals surface area contributed by atoms with E-state index in [0.29, 0.717) is 6.07 Å². The number of hydrogen-bond acceptors (Lipinski definition) is 4. The van der Waals surface area contributed by atoms with Crippen LogP contribution in [0.3, 0.4) is 0 Å². The van der Waals surface area contributed by atoms with E-state index in [1.165, 1.54) is 37.6 Å². The number of amides is 1. The van der Waals surface area contributed by atoms with Gasteiger partial charge in [-0.15, -0.1) is 10.2 Å². The number of rotatable bonds is 5. The van der Waals surface area contributed by atoms with E-state index in [4.69, 9.17) is 10.5 Å². The number of carbonyl (C=O) groups is 1. The first-order valence-corrected chi connectivity index (χ1v) is 8.86. The zero-order valence-corrected chi connectivity index (χ0v) is 16.6. The van der Waals surface area contributed by atoms with Crippen LogP contribution in [0, 0.1) is 11.6 Å². The molecule has 164 valence electrons. The predicted octanol–water partition coefficient (Wildman–Crippen LogP) is 4.19. The minimum atomic E-state index is -4.82. The number of alkyl halides is 3. The average molecular weight is 440 g/mol. The number of halogens is 5. The van der Waals surface area contributed by atoms with Crippen LogP contribution in [0.4, 0.5) is 22.0 Å². The molecule has 3 aromatic rings. The van der Waals surface area contributed by atoms with Crippen LogP contribution < -0.4 is 10.5 Å². The fraction of sp³-hybridized carbons (Fsp3) is 0.250. The summed E-state index contributed by atoms with van der Waals surface area (Å²) in [4.78, 5) is 11.2. The van der Waals surface area contributed by atoms with Crippen LogP contribution in [0.25, 0.3) is 11.4 Å². The van der Waals surface area contributed by atoms with E-state index >= 15 is 0 Å². The molecule has 0 spiro atoms. The van der Waals surface area contributed by atoms with Crippen LogP contribution in [0.15, 0.2) is 36.4 Å². The van der Waals surface area contributed by atoms with E-state index < -0.39 is 34.9 Å². The number of ether oxygens (including phenoxy) is 1. The smallest absolute Gasteiger partial charge is 0.417 e. The lowest BCUT2D eigenvalue weighted by molar-refractivity contribution is -0.137. The molecule has 1 aromatic heterocycles. The van der Waals surface area contributed by atoms with Crippen LogP contribution in [-0.4, -0.2) is 20.7 Å². The number of primary amides is 1. The van der Waals surface area contributed by atoms with Crippen LogP contribution in [0.5, 0.6) is 5.75 Å². The van der Waals surface area contributed by atoms with E-state index in [0.717, 1.165) is 18.2 Å². The molecule has 0 saturated heterocycles. The number of nitrogens with zero attached hydrogens (tertiary/aromatic N) is 3. The normalized spacial score (nSPS) is 12.1. The van der Waals surface area contributed by atoms with Gasteiger partial charge < -0.3 is 15.0 Å². The van der Waals surface area contributed by atoms with Crippen molar-refractivity contribution >= 4 is 5.91 Å². The highest BCUT2D eigenvalue weighted by Crippen LogP contribution is 2.38. The van der Waals surface area contributed by atoms with Gasteiger partial charge in [0.05, 0.1) is 5.56 Å². The van der Waals surface area contributed by atoms with E-state index in [1.807, 2.05) is 0 Å². The summed E-state index contributed by atoms with van der Waals surface area (Å²) in [7, 11) is 1.41. The molecular weight excluding hydrogens is 423 g/mol. The third kappa shape index (κ3) is 4.35. The molecule has 0 aliphatic carbocycles. The fourth-order valence-electron chi connectivity index (χ4n) is 3.09. The molecule has 2 aromatic carbocycles. The second kappa shape index (κ2) is 7.64. The third-order valence-corrected chi connectivity index (χ3v) is 4.52. The van der Waals surface area contributed by atoms with Gasteiger partial charge in [0, 0.05) is 18.2 Å². The van der Waals surface area contributed by atoms with Gasteiger partial charge in [0.1, 0.15) is 5.82 Å². The van der Waals surface area contributed by atoms with Crippen molar-refractivity contribution in [1.29, 1.82) is 0 Å². The summed E-state index contributed by atoms with van der Waals surface area (Å²) in [6.07, 6.45) is -4.82. The van der Waals surface area contributed by atoms with Gasteiger partial charge in [0.15, 0.2) is 28.8 Å². The molecule has 6 nitrogen and oxygen atoms in total. The van der Waals surface area contributed by atoms with Crippen molar-refractivity contribution in [1.82, 2.24) is 14.8 Å². The molecule has 0 saturated carbocycles. The van der Waals surface area contributed by atoms with Crippen molar-refractivity contribution in [3.8, 4) is 17.1 Å². The topological polar surface area (TPSA) is 83.0 Å². The highest BCUT2D eigenvalue weighted by Gasteiger charge is 2.37. The number of aromatic nitrogens is 3. The molecule has 3 rings (SSSR count). The molecule has 1 heterocycles. The molecule has 0 atom stereocenters. The molecule has 0 aliphatic rings. The lowest BCUT2D eigenvalue weighted by atomic mass is 10.1. The van der Waals surface area contributed by atoms with Crippen molar-refractivity contribution in [2.24, 2.45) is 12.8 Å². The zero-order chi connectivity index (χ0) is 23.1. The molecule has 1 amide bonds. The van der Waals surface area contributed by atoms with Gasteiger partial charge in [-0.1, -0.05) is 0 Å². The van der Waals surface area contributed by atoms with Crippen molar-refractivity contribution < 1.29 is 31.5 Å². The van der Waals surface area contributed by atoms with Gasteiger partial charge in [0.2, 0.25) is 5.91 Å². The summed E-state index contributed by atoms with van der Waals surface area (Å²) >= 11 is 0. The summed E-state index contributed by atoms with van der Waals surface area (Å²) in [6, 6.07) is 5.60. The highest BCUT2D eigenvalue weighted by atomic mass is 19.4. The second-order valence-corrected chi connectivity index (χ2v) is 7.22. The van der Waals surface area contributed by atoms with Gasteiger partial charge >= 0.3 is 6.18 Å². The Bertz CT molecular complexity index is 1150. The predicted molar refractivity (Wildman–Crippen MR) is 100.0 cm³/mol. The maximum Gasteiger partial charge on any atom is 0.417 e. The molecular formula is C20H17F5N4O2. The minimum absolute atomic E-state index is 0.0559. The van der Waals surface area contributed by atoms with E-state index in [9.17, 15) is 26.7 Å². The molecule has 0 radical (unpaired) electrons. The average Bonchev–Trinajstić information content (AvgIpc) is 3.04. The Morgan fingerprint density at radius 2 is 1.74 bits per heavy atom. The Morgan fingerprint density at radius 3 is 2.32 bits per heavy atom. The van der Waals surface area contributed by atoms with Crippen LogP contribution in [0.2, 0.25) is 0 Å². The van der Waals surface area contributed by atoms with Crippen LogP contribution in [-0.2, 0) is 18.8 Å². The van der Waals surface area contributed by atoms with E-state index in [2.05, 4.69) is 10.2 Å². The molecule has 0 fully saturated rings. The van der Waals surface area contributed by atoms with Crippen molar-refractivity contribution in [2.75, 3.05) is 0 Å². The highest BCUT2D eigenvalue weighted by molar-refractivity contribution is 5.92. The minimum Gasteiger partial charge on any atom is -0.477 e. The summed E-state index contributed by atoms with van der Waals surface area (Å²) in [5, 5.41) is 7.72. The molecule has 31 heavy (non-hydrogen) atoms. The monoisotopic (exact) mass is 440 g/mol. The number of hydrogen-bond donors (Lipinski definition) is 1. The Hall–Kier alpha value is -3.50. The summed E-state index contributed by atoms with van der Waals surface area (Å²) in [5.41, 5.74) is 2.13. The molecule has 11 heteroatoms. The molecule has 0 unspecified atom stereocenters. The van der Waals surface area contributed by atoms with Gasteiger partial charge in [-0.25, -0.2) is 8.78 Å². The van der Waals surface area contributed by atoms with Gasteiger partial charge in [0.25, 0.3) is 0 Å². The lowest BCUT2D eigenvalue weighted by Crippen LogP contribution is -2.29. The van der Waals surface area contributed by atoms with Gasteiger partial charge in [-0.3, -0.25) is 4.79 Å². The number of benzene rings is 2. The van der Waals surface area contributed by atoms with Crippen molar-refractivity contribution in [3.63, 3.8) is 0 Å². The molecule has 0 bridgehead atoms. The quantitative estimate of drug-likeness (QED) is 0.603. The maximum atomic E-state index is 14.3. The SMILES string of the molecule is Cn1c(-c2ccc(F)cc2C(F)(F)F)nnc1C(C)(C)Oc1ccc(C(N)=O)cc1F. The van der Waals surface area contributed by atoms with E-state index in [-0.39, 0.29) is 28.5 Å². The van der Waals surface area contributed by atoms with Crippen molar-refractivity contribution in [3.05, 3.63) is 65.0 Å². The Morgan fingerprint density at radius 1 is 1.06 bits per heavy atom. The zero-order valence-electron chi connectivity index (χ0n) is 16.6. The first kappa shape index (κ1) is 22.2. The Kier molecular flexibility index (Phi) is 5.47. The van der Waals surface area contributed by atoms with Gasteiger partial charge in [-0.05, 0) is 50.2 Å². The van der Waals surface area contributed by atoms with Gasteiger partial charge in [-0.2, -0.15) is 13.2 Å². The summed E-state index contributed by atoms with van der Waals surface area (Å²) in [6.45, 7) is 3.02. The van der Waals surface area contributed by atoms with Crippen molar-refractivity contribution in [2.45, 2.75) is 25.6 Å². The Labute approximate surface area is 173 Å². The number of nitrogens with two attached hydrogens (primary N) is 1. The maximum absolute atomic E-state index is 14.3. The molecule has 2 N–H and O–H groups in total. The van der Waals surface area contributed by atoms with Crippen LogP contribution >= 0.6 is 0 Å². The lowest BCUT2D eigenvalue weighted by Gasteiger charge is -2.26. The van der Waals surface area contributed by atoms with E-state index in [1.54, 1.807) is 0 Å².